The molecule has 1 aromatic heterocycles. The van der Waals surface area contributed by atoms with Crippen molar-refractivity contribution in [2.75, 3.05) is 0 Å². The molecule has 0 saturated carbocycles. The Morgan fingerprint density at radius 2 is 2.08 bits per heavy atom. The maximum atomic E-state index is 2.34. The predicted octanol–water partition coefficient (Wildman–Crippen LogP) is 4.13. The highest BCUT2D eigenvalue weighted by Gasteiger charge is 2.22. The molecule has 0 nitrogen and oxygen atoms in total. The molecule has 0 unspecified atom stereocenters. The van der Waals surface area contributed by atoms with E-state index in [1.165, 1.54) is 18.4 Å². The molecular formula is C11H18S. The lowest BCUT2D eigenvalue weighted by molar-refractivity contribution is 0.480. The molecule has 0 aliphatic heterocycles. The minimum Gasteiger partial charge on any atom is -0.148 e. The summed E-state index contributed by atoms with van der Waals surface area (Å²) >= 11 is 1.90. The van der Waals surface area contributed by atoms with Gasteiger partial charge in [0.15, 0.2) is 0 Å². The first-order valence-corrected chi connectivity index (χ1v) is 5.50. The summed E-state index contributed by atoms with van der Waals surface area (Å²) in [7, 11) is 0. The molecule has 0 N–H and O–H groups in total. The van der Waals surface area contributed by atoms with E-state index in [2.05, 4.69) is 39.1 Å². The van der Waals surface area contributed by atoms with Crippen LogP contribution < -0.4 is 0 Å². The highest BCUT2D eigenvalue weighted by atomic mass is 32.1. The fourth-order valence-corrected chi connectivity index (χ4v) is 2.89. The molecule has 0 amide bonds. The molecule has 0 saturated heterocycles. The van der Waals surface area contributed by atoms with E-state index >= 15 is 0 Å². The topological polar surface area (TPSA) is 0 Å². The highest BCUT2D eigenvalue weighted by molar-refractivity contribution is 7.10. The maximum Gasteiger partial charge on any atom is 0.0131 e. The largest absolute Gasteiger partial charge is 0.148 e. The van der Waals surface area contributed by atoms with E-state index in [9.17, 15) is 0 Å². The van der Waals surface area contributed by atoms with Gasteiger partial charge in [-0.1, -0.05) is 27.2 Å². The normalized spacial score (nSPS) is 12.0. The first-order chi connectivity index (χ1) is 5.58. The Morgan fingerprint density at radius 1 is 1.42 bits per heavy atom. The van der Waals surface area contributed by atoms with Crippen LogP contribution in [0.4, 0.5) is 0 Å². The summed E-state index contributed by atoms with van der Waals surface area (Å²) in [5.41, 5.74) is 1.84. The monoisotopic (exact) mass is 182 g/mol. The van der Waals surface area contributed by atoms with Gasteiger partial charge in [-0.05, 0) is 35.8 Å². The van der Waals surface area contributed by atoms with E-state index in [-0.39, 0.29) is 0 Å². The Hall–Kier alpha value is -0.300. The number of thiophene rings is 1. The van der Waals surface area contributed by atoms with E-state index < -0.39 is 0 Å². The van der Waals surface area contributed by atoms with Gasteiger partial charge in [-0.3, -0.25) is 0 Å². The van der Waals surface area contributed by atoms with E-state index in [0.29, 0.717) is 5.41 Å². The molecule has 12 heavy (non-hydrogen) atoms. The zero-order valence-electron chi connectivity index (χ0n) is 8.48. The number of hydrogen-bond donors (Lipinski definition) is 0. The van der Waals surface area contributed by atoms with Gasteiger partial charge in [0.1, 0.15) is 0 Å². The summed E-state index contributed by atoms with van der Waals surface area (Å²) in [5, 5.41) is 2.20. The fourth-order valence-electron chi connectivity index (χ4n) is 1.80. The summed E-state index contributed by atoms with van der Waals surface area (Å²) in [6.07, 6.45) is 2.55. The van der Waals surface area contributed by atoms with E-state index in [0.717, 1.165) is 0 Å². The summed E-state index contributed by atoms with van der Waals surface area (Å²) in [4.78, 5) is 1.56. The van der Waals surface area contributed by atoms with Crippen LogP contribution in [0, 0.1) is 6.92 Å². The molecule has 0 radical (unpaired) electrons. The van der Waals surface area contributed by atoms with Gasteiger partial charge in [-0.2, -0.15) is 0 Å². The van der Waals surface area contributed by atoms with Crippen LogP contribution in [0.2, 0.25) is 0 Å². The third-order valence-electron chi connectivity index (χ3n) is 2.35. The van der Waals surface area contributed by atoms with Gasteiger partial charge in [0.2, 0.25) is 0 Å². The van der Waals surface area contributed by atoms with Crippen molar-refractivity contribution >= 4 is 11.3 Å². The van der Waals surface area contributed by atoms with Crippen LogP contribution >= 0.6 is 11.3 Å². The SMILES string of the molecule is CCCC(C)(C)c1sccc1C. The smallest absolute Gasteiger partial charge is 0.0131 e. The number of hydrogen-bond acceptors (Lipinski definition) is 1. The molecule has 1 heterocycles. The average Bonchev–Trinajstić information content (AvgIpc) is 2.35. The van der Waals surface area contributed by atoms with Gasteiger partial charge >= 0.3 is 0 Å². The predicted molar refractivity (Wildman–Crippen MR) is 57.0 cm³/mol. The van der Waals surface area contributed by atoms with Crippen molar-refractivity contribution in [1.82, 2.24) is 0 Å². The lowest BCUT2D eigenvalue weighted by Crippen LogP contribution is -2.15. The zero-order chi connectivity index (χ0) is 9.19. The minimum absolute atomic E-state index is 0.382. The average molecular weight is 182 g/mol. The molecule has 0 spiro atoms. The third kappa shape index (κ3) is 1.89. The minimum atomic E-state index is 0.382. The van der Waals surface area contributed by atoms with Crippen LogP contribution in [0.25, 0.3) is 0 Å². The van der Waals surface area contributed by atoms with Crippen molar-refractivity contribution < 1.29 is 0 Å². The lowest BCUT2D eigenvalue weighted by atomic mass is 9.85. The lowest BCUT2D eigenvalue weighted by Gasteiger charge is -2.23. The second-order valence-electron chi connectivity index (χ2n) is 4.07. The third-order valence-corrected chi connectivity index (χ3v) is 3.73. The van der Waals surface area contributed by atoms with Gasteiger partial charge in [0.05, 0.1) is 0 Å². The fraction of sp³-hybridized carbons (Fsp3) is 0.636. The van der Waals surface area contributed by atoms with Gasteiger partial charge < -0.3 is 0 Å². The van der Waals surface area contributed by atoms with E-state index in [1.54, 1.807) is 4.88 Å². The Balaban J connectivity index is 2.88. The van der Waals surface area contributed by atoms with Gasteiger partial charge in [-0.15, -0.1) is 11.3 Å². The molecule has 0 aliphatic carbocycles. The zero-order valence-corrected chi connectivity index (χ0v) is 9.29. The molecular weight excluding hydrogens is 164 g/mol. The van der Waals surface area contributed by atoms with Crippen molar-refractivity contribution in [3.63, 3.8) is 0 Å². The second kappa shape index (κ2) is 3.61. The quantitative estimate of drug-likeness (QED) is 0.659. The van der Waals surface area contributed by atoms with Crippen LogP contribution in [0.15, 0.2) is 11.4 Å². The molecule has 0 fully saturated rings. The Morgan fingerprint density at radius 3 is 2.50 bits per heavy atom. The Kier molecular flexibility index (Phi) is 2.94. The van der Waals surface area contributed by atoms with E-state index in [4.69, 9.17) is 0 Å². The standard InChI is InChI=1S/C11H18S/c1-5-7-11(3,4)10-9(2)6-8-12-10/h6,8H,5,7H2,1-4H3. The number of aryl methyl sites for hydroxylation is 1. The Bertz CT molecular complexity index is 245. The summed E-state index contributed by atoms with van der Waals surface area (Å²) < 4.78 is 0. The van der Waals surface area contributed by atoms with Crippen molar-refractivity contribution in [2.24, 2.45) is 0 Å². The van der Waals surface area contributed by atoms with Crippen LogP contribution in [-0.2, 0) is 5.41 Å². The van der Waals surface area contributed by atoms with Crippen molar-refractivity contribution in [3.05, 3.63) is 21.9 Å². The van der Waals surface area contributed by atoms with Crippen LogP contribution in [0.5, 0.6) is 0 Å². The van der Waals surface area contributed by atoms with E-state index in [1.807, 2.05) is 11.3 Å². The van der Waals surface area contributed by atoms with Gasteiger partial charge in [-0.25, -0.2) is 0 Å². The highest BCUT2D eigenvalue weighted by Crippen LogP contribution is 2.34. The molecule has 1 aromatic rings. The first-order valence-electron chi connectivity index (χ1n) is 4.62. The van der Waals surface area contributed by atoms with Crippen LogP contribution in [-0.4, -0.2) is 0 Å². The van der Waals surface area contributed by atoms with Crippen molar-refractivity contribution in [1.29, 1.82) is 0 Å². The molecule has 0 atom stereocenters. The van der Waals surface area contributed by atoms with Crippen LogP contribution in [0.1, 0.15) is 44.1 Å². The second-order valence-corrected chi connectivity index (χ2v) is 4.98. The molecule has 0 aromatic carbocycles. The molecule has 68 valence electrons. The number of rotatable bonds is 3. The molecule has 0 aliphatic rings. The summed E-state index contributed by atoms with van der Waals surface area (Å²) in [6, 6.07) is 2.22. The Labute approximate surface area is 79.6 Å². The maximum absolute atomic E-state index is 2.34. The van der Waals surface area contributed by atoms with Crippen LogP contribution in [0.3, 0.4) is 0 Å². The van der Waals surface area contributed by atoms with Gasteiger partial charge in [0.25, 0.3) is 0 Å². The first kappa shape index (κ1) is 9.79. The molecule has 0 bridgehead atoms. The van der Waals surface area contributed by atoms with Crippen molar-refractivity contribution in [3.8, 4) is 0 Å². The molecule has 1 heteroatoms. The molecule has 1 rings (SSSR count). The summed E-state index contributed by atoms with van der Waals surface area (Å²) in [5.74, 6) is 0. The summed E-state index contributed by atoms with van der Waals surface area (Å²) in [6.45, 7) is 9.15. The van der Waals surface area contributed by atoms with Crippen molar-refractivity contribution in [2.45, 2.75) is 46.0 Å². The van der Waals surface area contributed by atoms with Gasteiger partial charge in [0, 0.05) is 4.88 Å².